The number of aliphatic hydroxyl groups excluding tert-OH is 1. The number of nitrogen functional groups attached to an aromatic ring is 1. The lowest BCUT2D eigenvalue weighted by Gasteiger charge is -2.03. The largest absolute Gasteiger partial charge is 0.398 e. The maximum atomic E-state index is 8.82. The van der Waals surface area contributed by atoms with Crippen LogP contribution in [0.1, 0.15) is 11.1 Å². The minimum atomic E-state index is -0.0737. The molecule has 0 unspecified atom stereocenters. The van der Waals surface area contributed by atoms with Crippen LogP contribution in [-0.2, 0) is 6.61 Å². The quantitative estimate of drug-likeness (QED) is 0.430. The molecule has 0 fully saturated rings. The summed E-state index contributed by atoms with van der Waals surface area (Å²) >= 11 is 0. The summed E-state index contributed by atoms with van der Waals surface area (Å²) in [6, 6.07) is 5.21. The average Bonchev–Trinajstić information content (AvgIpc) is 2.04. The summed E-state index contributed by atoms with van der Waals surface area (Å²) in [5.41, 5.74) is 7.38. The summed E-state index contributed by atoms with van der Waals surface area (Å²) in [6.45, 7) is -0.0737. The zero-order valence-corrected chi connectivity index (χ0v) is 6.04. The van der Waals surface area contributed by atoms with Crippen LogP contribution in [0.2, 0.25) is 0 Å². The molecule has 0 amide bonds. The molecule has 0 aliphatic rings. The van der Waals surface area contributed by atoms with Crippen molar-refractivity contribution in [3.63, 3.8) is 0 Å². The van der Waals surface area contributed by atoms with Crippen LogP contribution < -0.4 is 5.73 Å². The SMILES string of the molecule is N=Cc1c(N)cccc1CO. The molecule has 3 heteroatoms. The molecule has 0 aliphatic carbocycles. The van der Waals surface area contributed by atoms with Crippen LogP contribution in [-0.4, -0.2) is 11.3 Å². The van der Waals surface area contributed by atoms with Crippen molar-refractivity contribution in [3.05, 3.63) is 29.3 Å². The van der Waals surface area contributed by atoms with E-state index in [0.717, 1.165) is 6.21 Å². The fourth-order valence-electron chi connectivity index (χ4n) is 0.947. The Kier molecular flexibility index (Phi) is 2.23. The van der Waals surface area contributed by atoms with Gasteiger partial charge < -0.3 is 16.2 Å². The van der Waals surface area contributed by atoms with E-state index in [4.69, 9.17) is 16.2 Å². The summed E-state index contributed by atoms with van der Waals surface area (Å²) in [5, 5.41) is 15.8. The van der Waals surface area contributed by atoms with Gasteiger partial charge >= 0.3 is 0 Å². The molecule has 58 valence electrons. The monoisotopic (exact) mass is 150 g/mol. The third-order valence-electron chi connectivity index (χ3n) is 1.54. The maximum Gasteiger partial charge on any atom is 0.0688 e. The Morgan fingerprint density at radius 2 is 2.27 bits per heavy atom. The zero-order chi connectivity index (χ0) is 8.27. The fraction of sp³-hybridized carbons (Fsp3) is 0.125. The Morgan fingerprint density at radius 3 is 2.73 bits per heavy atom. The van der Waals surface area contributed by atoms with Crippen molar-refractivity contribution in [2.24, 2.45) is 0 Å². The van der Waals surface area contributed by atoms with Gasteiger partial charge in [-0.3, -0.25) is 0 Å². The van der Waals surface area contributed by atoms with Crippen molar-refractivity contribution in [3.8, 4) is 0 Å². The van der Waals surface area contributed by atoms with Gasteiger partial charge in [-0.1, -0.05) is 12.1 Å². The molecule has 0 saturated carbocycles. The molecule has 4 N–H and O–H groups in total. The molecule has 0 bridgehead atoms. The smallest absolute Gasteiger partial charge is 0.0688 e. The van der Waals surface area contributed by atoms with E-state index in [1.807, 2.05) is 0 Å². The minimum absolute atomic E-state index is 0.0737. The molecule has 0 spiro atoms. The Bertz CT molecular complexity index is 271. The van der Waals surface area contributed by atoms with Crippen LogP contribution in [0.15, 0.2) is 18.2 Å². The van der Waals surface area contributed by atoms with Gasteiger partial charge in [-0.2, -0.15) is 0 Å². The van der Waals surface area contributed by atoms with E-state index in [1.54, 1.807) is 18.2 Å². The highest BCUT2D eigenvalue weighted by atomic mass is 16.3. The van der Waals surface area contributed by atoms with Crippen molar-refractivity contribution < 1.29 is 5.11 Å². The lowest BCUT2D eigenvalue weighted by atomic mass is 10.1. The molecule has 1 aromatic carbocycles. The van der Waals surface area contributed by atoms with Crippen molar-refractivity contribution in [2.75, 3.05) is 5.73 Å². The Hall–Kier alpha value is -1.35. The van der Waals surface area contributed by atoms with Gasteiger partial charge in [0.15, 0.2) is 0 Å². The van der Waals surface area contributed by atoms with E-state index in [1.165, 1.54) is 0 Å². The van der Waals surface area contributed by atoms with Gasteiger partial charge in [-0.05, 0) is 11.6 Å². The van der Waals surface area contributed by atoms with Gasteiger partial charge in [0, 0.05) is 17.5 Å². The van der Waals surface area contributed by atoms with E-state index in [9.17, 15) is 0 Å². The molecular formula is C8H10N2O. The number of anilines is 1. The second-order valence-electron chi connectivity index (χ2n) is 2.22. The van der Waals surface area contributed by atoms with Crippen molar-refractivity contribution in [1.82, 2.24) is 0 Å². The van der Waals surface area contributed by atoms with E-state index >= 15 is 0 Å². The molecule has 0 aliphatic heterocycles. The van der Waals surface area contributed by atoms with E-state index in [0.29, 0.717) is 16.8 Å². The number of hydrogen-bond acceptors (Lipinski definition) is 3. The first-order valence-electron chi connectivity index (χ1n) is 3.28. The average molecular weight is 150 g/mol. The molecule has 11 heavy (non-hydrogen) atoms. The van der Waals surface area contributed by atoms with Crippen LogP contribution in [0.5, 0.6) is 0 Å². The maximum absolute atomic E-state index is 8.82. The number of hydrogen-bond donors (Lipinski definition) is 3. The molecule has 0 saturated heterocycles. The van der Waals surface area contributed by atoms with E-state index in [-0.39, 0.29) is 6.61 Å². The third-order valence-corrected chi connectivity index (χ3v) is 1.54. The molecule has 1 rings (SSSR count). The number of rotatable bonds is 2. The van der Waals surface area contributed by atoms with Gasteiger partial charge in [0.25, 0.3) is 0 Å². The number of benzene rings is 1. The molecule has 0 atom stereocenters. The number of nitrogens with one attached hydrogen (secondary N) is 1. The van der Waals surface area contributed by atoms with Gasteiger partial charge in [-0.15, -0.1) is 0 Å². The first kappa shape index (κ1) is 7.75. The fourth-order valence-corrected chi connectivity index (χ4v) is 0.947. The van der Waals surface area contributed by atoms with Gasteiger partial charge in [0.05, 0.1) is 6.61 Å². The highest BCUT2D eigenvalue weighted by Gasteiger charge is 2.00. The molecule has 1 aromatic rings. The summed E-state index contributed by atoms with van der Waals surface area (Å²) in [7, 11) is 0. The highest BCUT2D eigenvalue weighted by molar-refractivity contribution is 5.86. The molecule has 0 radical (unpaired) electrons. The van der Waals surface area contributed by atoms with Crippen LogP contribution in [0, 0.1) is 5.41 Å². The van der Waals surface area contributed by atoms with Crippen molar-refractivity contribution in [2.45, 2.75) is 6.61 Å². The van der Waals surface area contributed by atoms with Gasteiger partial charge in [0.1, 0.15) is 0 Å². The molecule has 3 nitrogen and oxygen atoms in total. The number of aliphatic hydroxyl groups is 1. The first-order chi connectivity index (χ1) is 5.29. The van der Waals surface area contributed by atoms with Crippen LogP contribution in [0.4, 0.5) is 5.69 Å². The summed E-state index contributed by atoms with van der Waals surface area (Å²) < 4.78 is 0. The molecular weight excluding hydrogens is 140 g/mol. The second-order valence-corrected chi connectivity index (χ2v) is 2.22. The summed E-state index contributed by atoms with van der Waals surface area (Å²) in [5.74, 6) is 0. The van der Waals surface area contributed by atoms with Crippen molar-refractivity contribution in [1.29, 1.82) is 5.41 Å². The lowest BCUT2D eigenvalue weighted by molar-refractivity contribution is 0.282. The summed E-state index contributed by atoms with van der Waals surface area (Å²) in [6.07, 6.45) is 1.15. The van der Waals surface area contributed by atoms with Crippen molar-refractivity contribution >= 4 is 11.9 Å². The van der Waals surface area contributed by atoms with Crippen LogP contribution in [0.25, 0.3) is 0 Å². The normalized spacial score (nSPS) is 9.55. The summed E-state index contributed by atoms with van der Waals surface area (Å²) in [4.78, 5) is 0. The highest BCUT2D eigenvalue weighted by Crippen LogP contribution is 2.13. The predicted molar refractivity (Wildman–Crippen MR) is 44.7 cm³/mol. The zero-order valence-electron chi connectivity index (χ0n) is 6.04. The van der Waals surface area contributed by atoms with E-state index in [2.05, 4.69) is 0 Å². The van der Waals surface area contributed by atoms with Crippen LogP contribution >= 0.6 is 0 Å². The Labute approximate surface area is 65.0 Å². The second kappa shape index (κ2) is 3.16. The molecule has 0 aromatic heterocycles. The first-order valence-corrected chi connectivity index (χ1v) is 3.28. The third kappa shape index (κ3) is 1.38. The standard InChI is InChI=1S/C8H10N2O/c9-4-7-6(5-11)2-1-3-8(7)10/h1-4,9,11H,5,10H2. The Morgan fingerprint density at radius 1 is 1.55 bits per heavy atom. The van der Waals surface area contributed by atoms with Crippen LogP contribution in [0.3, 0.4) is 0 Å². The Balaban J connectivity index is 3.24. The topological polar surface area (TPSA) is 70.1 Å². The molecule has 0 heterocycles. The lowest BCUT2D eigenvalue weighted by Crippen LogP contribution is -1.98. The number of nitrogens with two attached hydrogens (primary N) is 1. The van der Waals surface area contributed by atoms with E-state index < -0.39 is 0 Å². The van der Waals surface area contributed by atoms with Gasteiger partial charge in [0.2, 0.25) is 0 Å². The van der Waals surface area contributed by atoms with Gasteiger partial charge in [-0.25, -0.2) is 0 Å². The predicted octanol–water partition coefficient (Wildman–Crippen LogP) is 0.759. The minimum Gasteiger partial charge on any atom is -0.398 e.